The molecule has 39 heavy (non-hydrogen) atoms. The first-order chi connectivity index (χ1) is 18.9. The lowest BCUT2D eigenvalue weighted by Gasteiger charge is -2.18. The van der Waals surface area contributed by atoms with Gasteiger partial charge in [-0.1, -0.05) is 42.5 Å². The van der Waals surface area contributed by atoms with E-state index in [1.165, 1.54) is 26.0 Å². The van der Waals surface area contributed by atoms with E-state index >= 15 is 0 Å². The number of nitrogens with two attached hydrogens (primary N) is 1. The van der Waals surface area contributed by atoms with Crippen molar-refractivity contribution >= 4 is 40.9 Å². The second kappa shape index (κ2) is 12.7. The van der Waals surface area contributed by atoms with Gasteiger partial charge in [0.1, 0.15) is 22.3 Å². The first-order valence-corrected chi connectivity index (χ1v) is 12.8. The number of carbonyl (C=O) groups is 3. The van der Waals surface area contributed by atoms with Crippen LogP contribution >= 0.6 is 11.8 Å². The van der Waals surface area contributed by atoms with Gasteiger partial charge >= 0.3 is 0 Å². The highest BCUT2D eigenvalue weighted by atomic mass is 32.2. The van der Waals surface area contributed by atoms with E-state index < -0.39 is 11.2 Å². The summed E-state index contributed by atoms with van der Waals surface area (Å²) >= 11 is 1.34. The molecule has 8 nitrogen and oxygen atoms in total. The van der Waals surface area contributed by atoms with Crippen LogP contribution in [0.25, 0.3) is 0 Å². The molecule has 1 unspecified atom stereocenters. The number of rotatable bonds is 10. The van der Waals surface area contributed by atoms with Crippen molar-refractivity contribution in [3.8, 4) is 11.5 Å². The summed E-state index contributed by atoms with van der Waals surface area (Å²) in [4.78, 5) is 38.7. The number of primary amides is 1. The minimum absolute atomic E-state index is 0.244. The number of benzene rings is 4. The van der Waals surface area contributed by atoms with E-state index in [1.807, 2.05) is 36.4 Å². The van der Waals surface area contributed by atoms with Crippen LogP contribution in [0.5, 0.6) is 11.5 Å². The highest BCUT2D eigenvalue weighted by molar-refractivity contribution is 8.00. The fourth-order valence-electron chi connectivity index (χ4n) is 3.88. The summed E-state index contributed by atoms with van der Waals surface area (Å²) in [6.45, 7) is 0. The standard InChI is InChI=1S/C30H27N3O5S/c1-37-24-12-7-13-25(38-2)26(24)29(35)33-22-10-6-11-23(18-22)39-27(19-8-4-3-5-9-19)30(36)32-21-16-14-20(15-17-21)28(31)34/h3-18,27H,1-2H3,(H2,31,34)(H,32,36)(H,33,35). The van der Waals surface area contributed by atoms with Crippen molar-refractivity contribution < 1.29 is 23.9 Å². The van der Waals surface area contributed by atoms with Gasteiger partial charge in [0.15, 0.2) is 0 Å². The molecule has 4 aromatic carbocycles. The van der Waals surface area contributed by atoms with Gasteiger partial charge < -0.3 is 25.8 Å². The van der Waals surface area contributed by atoms with Gasteiger partial charge in [-0.15, -0.1) is 11.8 Å². The predicted octanol–water partition coefficient (Wildman–Crippen LogP) is 5.53. The molecule has 0 aliphatic carbocycles. The fraction of sp³-hybridized carbons (Fsp3) is 0.100. The minimum atomic E-state index is -0.595. The normalized spacial score (nSPS) is 11.2. The third-order valence-corrected chi connectivity index (χ3v) is 7.03. The highest BCUT2D eigenvalue weighted by Gasteiger charge is 2.23. The van der Waals surface area contributed by atoms with Crippen LogP contribution in [0.3, 0.4) is 0 Å². The SMILES string of the molecule is COc1cccc(OC)c1C(=O)Nc1cccc(SC(C(=O)Nc2ccc(C(N)=O)cc2)c2ccccc2)c1. The Hall–Kier alpha value is -4.76. The zero-order chi connectivity index (χ0) is 27.8. The van der Waals surface area contributed by atoms with Crippen LogP contribution in [0.15, 0.2) is 102 Å². The number of amides is 3. The van der Waals surface area contributed by atoms with Crippen molar-refractivity contribution in [3.05, 3.63) is 114 Å². The maximum absolute atomic E-state index is 13.4. The van der Waals surface area contributed by atoms with Crippen molar-refractivity contribution in [1.29, 1.82) is 0 Å². The van der Waals surface area contributed by atoms with Crippen LogP contribution in [0.2, 0.25) is 0 Å². The van der Waals surface area contributed by atoms with E-state index in [0.717, 1.165) is 10.5 Å². The van der Waals surface area contributed by atoms with Crippen LogP contribution in [0, 0.1) is 0 Å². The number of hydrogen-bond acceptors (Lipinski definition) is 6. The van der Waals surface area contributed by atoms with Crippen molar-refractivity contribution in [1.82, 2.24) is 0 Å². The molecule has 4 rings (SSSR count). The van der Waals surface area contributed by atoms with Crippen molar-refractivity contribution in [3.63, 3.8) is 0 Å². The number of thioether (sulfide) groups is 1. The van der Waals surface area contributed by atoms with Crippen LogP contribution in [0.4, 0.5) is 11.4 Å². The molecule has 0 aliphatic rings. The molecule has 0 spiro atoms. The summed E-state index contributed by atoms with van der Waals surface area (Å²) in [6, 6.07) is 28.1. The number of ether oxygens (including phenoxy) is 2. The van der Waals surface area contributed by atoms with Gasteiger partial charge in [-0.05, 0) is 60.2 Å². The Morgan fingerprint density at radius 2 is 1.38 bits per heavy atom. The lowest BCUT2D eigenvalue weighted by atomic mass is 10.1. The lowest BCUT2D eigenvalue weighted by molar-refractivity contribution is -0.115. The van der Waals surface area contributed by atoms with E-state index in [1.54, 1.807) is 60.7 Å². The Bertz CT molecular complexity index is 1450. The van der Waals surface area contributed by atoms with Crippen molar-refractivity contribution in [2.24, 2.45) is 5.73 Å². The topological polar surface area (TPSA) is 120 Å². The Morgan fingerprint density at radius 1 is 0.744 bits per heavy atom. The molecule has 9 heteroatoms. The lowest BCUT2D eigenvalue weighted by Crippen LogP contribution is -2.19. The Labute approximate surface area is 230 Å². The van der Waals surface area contributed by atoms with E-state index in [0.29, 0.717) is 28.4 Å². The third-order valence-electron chi connectivity index (χ3n) is 5.78. The number of hydrogen-bond donors (Lipinski definition) is 3. The van der Waals surface area contributed by atoms with E-state index in [9.17, 15) is 14.4 Å². The molecule has 0 saturated heterocycles. The van der Waals surface area contributed by atoms with Gasteiger partial charge in [-0.2, -0.15) is 0 Å². The second-order valence-corrected chi connectivity index (χ2v) is 9.54. The summed E-state index contributed by atoms with van der Waals surface area (Å²) in [6.07, 6.45) is 0. The first-order valence-electron chi connectivity index (χ1n) is 11.9. The highest BCUT2D eigenvalue weighted by Crippen LogP contribution is 2.37. The maximum Gasteiger partial charge on any atom is 0.263 e. The third kappa shape index (κ3) is 6.77. The van der Waals surface area contributed by atoms with Crippen LogP contribution in [-0.4, -0.2) is 31.9 Å². The zero-order valence-corrected chi connectivity index (χ0v) is 22.2. The van der Waals surface area contributed by atoms with Crippen molar-refractivity contribution in [2.45, 2.75) is 10.1 Å². The van der Waals surface area contributed by atoms with Crippen LogP contribution < -0.4 is 25.8 Å². The molecule has 1 atom stereocenters. The van der Waals surface area contributed by atoms with E-state index in [4.69, 9.17) is 15.2 Å². The number of anilines is 2. The first kappa shape index (κ1) is 27.3. The number of nitrogens with one attached hydrogen (secondary N) is 2. The second-order valence-electron chi connectivity index (χ2n) is 8.36. The molecule has 0 radical (unpaired) electrons. The largest absolute Gasteiger partial charge is 0.496 e. The Morgan fingerprint density at radius 3 is 2.00 bits per heavy atom. The average molecular weight is 542 g/mol. The molecular formula is C30H27N3O5S. The molecule has 0 saturated carbocycles. The molecule has 0 heterocycles. The zero-order valence-electron chi connectivity index (χ0n) is 21.3. The summed E-state index contributed by atoms with van der Waals surface area (Å²) < 4.78 is 10.7. The number of carbonyl (C=O) groups excluding carboxylic acids is 3. The van der Waals surface area contributed by atoms with Crippen LogP contribution in [0.1, 0.15) is 31.5 Å². The molecule has 198 valence electrons. The summed E-state index contributed by atoms with van der Waals surface area (Å²) in [5.41, 5.74) is 7.84. The predicted molar refractivity (Wildman–Crippen MR) is 153 cm³/mol. The van der Waals surface area contributed by atoms with E-state index in [-0.39, 0.29) is 17.4 Å². The molecule has 4 N–H and O–H groups in total. The minimum Gasteiger partial charge on any atom is -0.496 e. The van der Waals surface area contributed by atoms with Gasteiger partial charge in [-0.3, -0.25) is 14.4 Å². The van der Waals surface area contributed by atoms with Gasteiger partial charge in [-0.25, -0.2) is 0 Å². The van der Waals surface area contributed by atoms with Crippen molar-refractivity contribution in [2.75, 3.05) is 24.9 Å². The molecule has 0 bridgehead atoms. The van der Waals surface area contributed by atoms with Gasteiger partial charge in [0.05, 0.1) is 14.2 Å². The van der Waals surface area contributed by atoms with E-state index in [2.05, 4.69) is 10.6 Å². The average Bonchev–Trinajstić information content (AvgIpc) is 2.96. The molecule has 0 aliphatic heterocycles. The van der Waals surface area contributed by atoms with Gasteiger partial charge in [0.25, 0.3) is 5.91 Å². The quantitative estimate of drug-likeness (QED) is 0.227. The molecule has 4 aromatic rings. The smallest absolute Gasteiger partial charge is 0.263 e. The monoisotopic (exact) mass is 541 g/mol. The van der Waals surface area contributed by atoms with Crippen LogP contribution in [-0.2, 0) is 4.79 Å². The molecular weight excluding hydrogens is 514 g/mol. The molecule has 3 amide bonds. The summed E-state index contributed by atoms with van der Waals surface area (Å²) in [7, 11) is 2.98. The summed E-state index contributed by atoms with van der Waals surface area (Å²) in [5, 5.41) is 5.21. The number of methoxy groups -OCH3 is 2. The fourth-order valence-corrected chi connectivity index (χ4v) is 4.96. The molecule has 0 aromatic heterocycles. The van der Waals surface area contributed by atoms with Gasteiger partial charge in [0, 0.05) is 21.8 Å². The van der Waals surface area contributed by atoms with Gasteiger partial charge in [0.2, 0.25) is 11.8 Å². The maximum atomic E-state index is 13.4. The Balaban J connectivity index is 1.56. The molecule has 0 fully saturated rings. The summed E-state index contributed by atoms with van der Waals surface area (Å²) in [5.74, 6) is -0.389. The Kier molecular flexibility index (Phi) is 8.86.